The second-order valence-corrected chi connectivity index (χ2v) is 9.39. The number of hydrogen-bond donors (Lipinski definition) is 0. The fourth-order valence-electron chi connectivity index (χ4n) is 4.22. The highest BCUT2D eigenvalue weighted by atomic mass is 32.1. The number of benzene rings is 2. The van der Waals surface area contributed by atoms with E-state index in [4.69, 9.17) is 9.72 Å². The molecule has 6 nitrogen and oxygen atoms in total. The van der Waals surface area contributed by atoms with Crippen molar-refractivity contribution in [1.29, 1.82) is 0 Å². The Kier molecular flexibility index (Phi) is 6.79. The van der Waals surface area contributed by atoms with E-state index in [0.29, 0.717) is 42.4 Å². The zero-order valence-corrected chi connectivity index (χ0v) is 20.4. The first-order valence-electron chi connectivity index (χ1n) is 11.2. The Bertz CT molecular complexity index is 1190. The average Bonchev–Trinajstić information content (AvgIpc) is 3.03. The van der Waals surface area contributed by atoms with Crippen LogP contribution < -0.4 is 4.74 Å². The average molecular weight is 464 g/mol. The summed E-state index contributed by atoms with van der Waals surface area (Å²) in [7, 11) is 1.57. The number of amides is 2. The topological polar surface area (TPSA) is 62.7 Å². The van der Waals surface area contributed by atoms with Gasteiger partial charge in [-0.05, 0) is 44.9 Å². The van der Waals surface area contributed by atoms with Crippen molar-refractivity contribution in [2.45, 2.75) is 27.2 Å². The van der Waals surface area contributed by atoms with Crippen LogP contribution >= 0.6 is 11.3 Å². The van der Waals surface area contributed by atoms with Crippen molar-refractivity contribution in [3.63, 3.8) is 0 Å². The van der Waals surface area contributed by atoms with Crippen LogP contribution in [0.4, 0.5) is 0 Å². The minimum atomic E-state index is -0.0622. The van der Waals surface area contributed by atoms with Gasteiger partial charge >= 0.3 is 0 Å². The molecule has 0 atom stereocenters. The molecule has 1 aliphatic heterocycles. The number of methoxy groups -OCH3 is 1. The summed E-state index contributed by atoms with van der Waals surface area (Å²) in [6.07, 6.45) is 0.731. The molecule has 1 aliphatic rings. The fraction of sp³-hybridized carbons (Fsp3) is 0.346. The molecule has 0 radical (unpaired) electrons. The third-order valence-electron chi connectivity index (χ3n) is 6.01. The number of carbonyl (C=O) groups excluding carboxylic acids is 2. The Morgan fingerprint density at radius 2 is 1.64 bits per heavy atom. The van der Waals surface area contributed by atoms with Crippen LogP contribution in [0.2, 0.25) is 0 Å². The molecule has 0 aliphatic carbocycles. The minimum absolute atomic E-state index is 0.00685. The number of carbonyl (C=O) groups is 2. The summed E-state index contributed by atoms with van der Waals surface area (Å²) in [5.74, 6) is 0.499. The molecule has 7 heteroatoms. The molecule has 3 aromatic rings. The summed E-state index contributed by atoms with van der Waals surface area (Å²) >= 11 is 1.45. The first-order valence-corrected chi connectivity index (χ1v) is 12.0. The van der Waals surface area contributed by atoms with Crippen molar-refractivity contribution in [2.24, 2.45) is 0 Å². The van der Waals surface area contributed by atoms with Crippen molar-refractivity contribution < 1.29 is 14.3 Å². The molecular formula is C26H29N3O3S. The van der Waals surface area contributed by atoms with E-state index in [0.717, 1.165) is 28.2 Å². The second kappa shape index (κ2) is 9.75. The predicted octanol–water partition coefficient (Wildman–Crippen LogP) is 4.73. The van der Waals surface area contributed by atoms with E-state index in [1.165, 1.54) is 16.9 Å². The fourth-order valence-corrected chi connectivity index (χ4v) is 5.35. The molecule has 0 saturated carbocycles. The molecule has 0 unspecified atom stereocenters. The number of para-hydroxylation sites is 1. The molecule has 1 aromatic heterocycles. The summed E-state index contributed by atoms with van der Waals surface area (Å²) < 4.78 is 5.35. The molecule has 4 rings (SSSR count). The highest BCUT2D eigenvalue weighted by Crippen LogP contribution is 2.31. The van der Waals surface area contributed by atoms with Crippen molar-refractivity contribution in [2.75, 3.05) is 33.3 Å². The molecule has 1 saturated heterocycles. The van der Waals surface area contributed by atoms with Gasteiger partial charge in [-0.25, -0.2) is 4.98 Å². The van der Waals surface area contributed by atoms with Gasteiger partial charge in [-0.1, -0.05) is 35.9 Å². The molecule has 2 amide bonds. The third-order valence-corrected chi connectivity index (χ3v) is 7.19. The van der Waals surface area contributed by atoms with Gasteiger partial charge in [0.2, 0.25) is 0 Å². The van der Waals surface area contributed by atoms with Gasteiger partial charge in [0, 0.05) is 31.7 Å². The number of nitrogens with zero attached hydrogens (tertiary/aromatic N) is 3. The number of hydrogen-bond acceptors (Lipinski definition) is 5. The van der Waals surface area contributed by atoms with Gasteiger partial charge in [-0.15, -0.1) is 11.3 Å². The van der Waals surface area contributed by atoms with Crippen molar-refractivity contribution in [1.82, 2.24) is 14.8 Å². The van der Waals surface area contributed by atoms with Crippen molar-refractivity contribution >= 4 is 23.2 Å². The zero-order chi connectivity index (χ0) is 23.5. The van der Waals surface area contributed by atoms with Crippen LogP contribution in [0.5, 0.6) is 5.75 Å². The molecule has 2 aromatic carbocycles. The predicted molar refractivity (Wildman–Crippen MR) is 131 cm³/mol. The third kappa shape index (κ3) is 4.78. The van der Waals surface area contributed by atoms with Crippen LogP contribution in [-0.2, 0) is 0 Å². The smallest absolute Gasteiger partial charge is 0.265 e. The highest BCUT2D eigenvalue weighted by molar-refractivity contribution is 7.17. The SMILES string of the molecule is COc1ccccc1C(=O)N1CCCN(C(=O)c2sc(-c3ccc(C)cc3C)nc2C)CC1. The molecular weight excluding hydrogens is 434 g/mol. The summed E-state index contributed by atoms with van der Waals surface area (Å²) in [5.41, 5.74) is 4.74. The Morgan fingerprint density at radius 1 is 0.939 bits per heavy atom. The van der Waals surface area contributed by atoms with E-state index in [1.54, 1.807) is 19.2 Å². The van der Waals surface area contributed by atoms with E-state index in [1.807, 2.05) is 28.9 Å². The number of aryl methyl sites for hydroxylation is 3. The summed E-state index contributed by atoms with van der Waals surface area (Å²) in [5, 5.41) is 0.871. The number of aromatic nitrogens is 1. The monoisotopic (exact) mass is 463 g/mol. The van der Waals surface area contributed by atoms with Gasteiger partial charge in [-0.2, -0.15) is 0 Å². The van der Waals surface area contributed by atoms with Gasteiger partial charge in [0.25, 0.3) is 11.8 Å². The van der Waals surface area contributed by atoms with Gasteiger partial charge in [0.15, 0.2) is 0 Å². The van der Waals surface area contributed by atoms with Gasteiger partial charge in [0.05, 0.1) is 18.4 Å². The van der Waals surface area contributed by atoms with Crippen LogP contribution in [0.15, 0.2) is 42.5 Å². The number of rotatable bonds is 4. The lowest BCUT2D eigenvalue weighted by atomic mass is 10.1. The first kappa shape index (κ1) is 23.0. The van der Waals surface area contributed by atoms with Crippen molar-refractivity contribution in [3.8, 4) is 16.3 Å². The number of ether oxygens (including phenoxy) is 1. The Hall–Kier alpha value is -3.19. The second-order valence-electron chi connectivity index (χ2n) is 8.39. The first-order chi connectivity index (χ1) is 15.9. The lowest BCUT2D eigenvalue weighted by Gasteiger charge is -2.22. The quantitative estimate of drug-likeness (QED) is 0.561. The molecule has 172 valence electrons. The van der Waals surface area contributed by atoms with E-state index < -0.39 is 0 Å². The van der Waals surface area contributed by atoms with Crippen LogP contribution in [-0.4, -0.2) is 59.9 Å². The van der Waals surface area contributed by atoms with Crippen LogP contribution in [0.3, 0.4) is 0 Å². The maximum Gasteiger partial charge on any atom is 0.265 e. The molecule has 1 fully saturated rings. The summed E-state index contributed by atoms with van der Waals surface area (Å²) in [4.78, 5) is 35.5. The lowest BCUT2D eigenvalue weighted by molar-refractivity contribution is 0.0718. The normalized spacial score (nSPS) is 14.2. The molecule has 0 bridgehead atoms. The number of thiazole rings is 1. The Labute approximate surface area is 198 Å². The highest BCUT2D eigenvalue weighted by Gasteiger charge is 2.27. The summed E-state index contributed by atoms with van der Waals surface area (Å²) in [6, 6.07) is 13.5. The standard InChI is InChI=1S/C26H29N3O3S/c1-17-10-11-20(18(2)16-17)24-27-19(3)23(33-24)26(31)29-13-7-12-28(14-15-29)25(30)21-8-5-6-9-22(21)32-4/h5-6,8-11,16H,7,12-15H2,1-4H3. The Balaban J connectivity index is 1.49. The van der Waals surface area contributed by atoms with Crippen LogP contribution in [0, 0.1) is 20.8 Å². The van der Waals surface area contributed by atoms with Gasteiger partial charge < -0.3 is 14.5 Å². The summed E-state index contributed by atoms with van der Waals surface area (Å²) in [6.45, 7) is 8.25. The molecule has 33 heavy (non-hydrogen) atoms. The largest absolute Gasteiger partial charge is 0.496 e. The van der Waals surface area contributed by atoms with Crippen LogP contribution in [0.25, 0.3) is 10.6 Å². The maximum atomic E-state index is 13.4. The van der Waals surface area contributed by atoms with Gasteiger partial charge in [0.1, 0.15) is 15.6 Å². The van der Waals surface area contributed by atoms with E-state index in [-0.39, 0.29) is 11.8 Å². The lowest BCUT2D eigenvalue weighted by Crippen LogP contribution is -2.37. The van der Waals surface area contributed by atoms with Crippen molar-refractivity contribution in [3.05, 3.63) is 69.7 Å². The zero-order valence-electron chi connectivity index (χ0n) is 19.6. The van der Waals surface area contributed by atoms with E-state index in [2.05, 4.69) is 32.0 Å². The molecule has 0 N–H and O–H groups in total. The Morgan fingerprint density at radius 3 is 2.33 bits per heavy atom. The van der Waals surface area contributed by atoms with Crippen LogP contribution in [0.1, 0.15) is 43.3 Å². The minimum Gasteiger partial charge on any atom is -0.496 e. The molecule has 2 heterocycles. The van der Waals surface area contributed by atoms with E-state index in [9.17, 15) is 9.59 Å². The van der Waals surface area contributed by atoms with E-state index >= 15 is 0 Å². The maximum absolute atomic E-state index is 13.4. The van der Waals surface area contributed by atoms with Gasteiger partial charge in [-0.3, -0.25) is 9.59 Å². The molecule has 0 spiro atoms.